The van der Waals surface area contributed by atoms with Gasteiger partial charge in [0, 0.05) is 0 Å². The van der Waals surface area contributed by atoms with Gasteiger partial charge in [-0.25, -0.2) is 17.2 Å². The van der Waals surface area contributed by atoms with Gasteiger partial charge in [0.2, 0.25) is 0 Å². The van der Waals surface area contributed by atoms with E-state index < -0.39 is 21.5 Å². The van der Waals surface area contributed by atoms with Crippen LogP contribution in [0.2, 0.25) is 0 Å². The summed E-state index contributed by atoms with van der Waals surface area (Å²) in [5, 5.41) is 8.92. The van der Waals surface area contributed by atoms with Gasteiger partial charge in [0.15, 0.2) is 21.5 Å². The molecule has 0 aliphatic heterocycles. The second kappa shape index (κ2) is 6.32. The van der Waals surface area contributed by atoms with Crippen LogP contribution in [-0.2, 0) is 27.9 Å². The third-order valence-corrected chi connectivity index (χ3v) is 4.51. The summed E-state index contributed by atoms with van der Waals surface area (Å²) in [6, 6.07) is 9.58. The van der Waals surface area contributed by atoms with Gasteiger partial charge in [-0.15, -0.1) is 0 Å². The fraction of sp³-hybridized carbons (Fsp3) is 0.200. The van der Waals surface area contributed by atoms with Gasteiger partial charge >= 0.3 is 0 Å². The Labute approximate surface area is 121 Å². The first-order chi connectivity index (χ1) is 9.89. The summed E-state index contributed by atoms with van der Waals surface area (Å²) in [5.74, 6) is -2.62. The Balaban J connectivity index is 2.12. The standard InChI is InChI=1S/C15H14F2O3S/c16-14-6-5-13(7-15(14)17)10-21(19,20)9-12-3-1-11(8-18)2-4-12/h1-7,18H,8-10H2. The molecule has 0 aromatic heterocycles. The minimum absolute atomic E-state index is 0.109. The zero-order valence-electron chi connectivity index (χ0n) is 11.1. The largest absolute Gasteiger partial charge is 0.392 e. The van der Waals surface area contributed by atoms with E-state index in [1.165, 1.54) is 6.07 Å². The normalized spacial score (nSPS) is 11.6. The van der Waals surface area contributed by atoms with Crippen molar-refractivity contribution in [3.63, 3.8) is 0 Å². The van der Waals surface area contributed by atoms with Crippen molar-refractivity contribution in [2.75, 3.05) is 0 Å². The summed E-state index contributed by atoms with van der Waals surface area (Å²) < 4.78 is 50.0. The highest BCUT2D eigenvalue weighted by Crippen LogP contribution is 2.15. The summed E-state index contributed by atoms with van der Waals surface area (Å²) in [7, 11) is -3.49. The highest BCUT2D eigenvalue weighted by atomic mass is 32.2. The molecular formula is C15H14F2O3S. The Bertz CT molecular complexity index is 725. The van der Waals surface area contributed by atoms with Crippen LogP contribution >= 0.6 is 0 Å². The molecule has 0 fully saturated rings. The molecule has 0 atom stereocenters. The first-order valence-electron chi connectivity index (χ1n) is 6.22. The van der Waals surface area contributed by atoms with E-state index in [1.807, 2.05) is 0 Å². The van der Waals surface area contributed by atoms with Crippen LogP contribution in [0.1, 0.15) is 16.7 Å². The maximum Gasteiger partial charge on any atom is 0.159 e. The highest BCUT2D eigenvalue weighted by molar-refractivity contribution is 7.89. The lowest BCUT2D eigenvalue weighted by molar-refractivity contribution is 0.282. The molecule has 0 saturated carbocycles. The van der Waals surface area contributed by atoms with Crippen molar-refractivity contribution in [2.24, 2.45) is 0 Å². The summed E-state index contributed by atoms with van der Waals surface area (Å²) in [6.07, 6.45) is 0. The summed E-state index contributed by atoms with van der Waals surface area (Å²) in [6.45, 7) is -0.109. The molecule has 2 rings (SSSR count). The van der Waals surface area contributed by atoms with E-state index in [2.05, 4.69) is 0 Å². The molecule has 112 valence electrons. The Morgan fingerprint density at radius 2 is 1.33 bits per heavy atom. The Hall–Kier alpha value is -1.79. The van der Waals surface area contributed by atoms with E-state index in [1.54, 1.807) is 24.3 Å². The lowest BCUT2D eigenvalue weighted by Gasteiger charge is -2.06. The van der Waals surface area contributed by atoms with Crippen LogP contribution in [0.4, 0.5) is 8.78 Å². The smallest absolute Gasteiger partial charge is 0.159 e. The van der Waals surface area contributed by atoms with Gasteiger partial charge in [-0.2, -0.15) is 0 Å². The van der Waals surface area contributed by atoms with Crippen molar-refractivity contribution in [3.05, 3.63) is 70.8 Å². The first kappa shape index (κ1) is 15.6. The zero-order chi connectivity index (χ0) is 15.5. The van der Waals surface area contributed by atoms with Crippen molar-refractivity contribution >= 4 is 9.84 Å². The van der Waals surface area contributed by atoms with Crippen molar-refractivity contribution in [2.45, 2.75) is 18.1 Å². The summed E-state index contributed by atoms with van der Waals surface area (Å²) in [4.78, 5) is 0. The van der Waals surface area contributed by atoms with Gasteiger partial charge in [0.05, 0.1) is 18.1 Å². The van der Waals surface area contributed by atoms with Crippen LogP contribution in [0.3, 0.4) is 0 Å². The molecule has 2 aromatic carbocycles. The molecule has 0 bridgehead atoms. The second-order valence-corrected chi connectivity index (χ2v) is 6.82. The minimum Gasteiger partial charge on any atom is -0.392 e. The molecule has 0 amide bonds. The van der Waals surface area contributed by atoms with Gasteiger partial charge < -0.3 is 5.11 Å². The van der Waals surface area contributed by atoms with Gasteiger partial charge in [-0.05, 0) is 28.8 Å². The molecule has 3 nitrogen and oxygen atoms in total. The fourth-order valence-electron chi connectivity index (χ4n) is 1.93. The summed E-state index contributed by atoms with van der Waals surface area (Å²) in [5.41, 5.74) is 1.48. The van der Waals surface area contributed by atoms with Gasteiger partial charge in [0.25, 0.3) is 0 Å². The Kier molecular flexibility index (Phi) is 4.69. The maximum absolute atomic E-state index is 13.1. The van der Waals surface area contributed by atoms with Crippen LogP contribution in [0.15, 0.2) is 42.5 Å². The number of aliphatic hydroxyl groups is 1. The van der Waals surface area contributed by atoms with Crippen molar-refractivity contribution in [3.8, 4) is 0 Å². The van der Waals surface area contributed by atoms with Crippen LogP contribution in [0.25, 0.3) is 0 Å². The van der Waals surface area contributed by atoms with E-state index in [0.717, 1.165) is 12.1 Å². The van der Waals surface area contributed by atoms with E-state index in [-0.39, 0.29) is 23.7 Å². The quantitative estimate of drug-likeness (QED) is 0.923. The molecule has 0 unspecified atom stereocenters. The fourth-order valence-corrected chi connectivity index (χ4v) is 3.42. The maximum atomic E-state index is 13.1. The molecule has 2 aromatic rings. The predicted octanol–water partition coefficient (Wildman–Crippen LogP) is 2.57. The molecule has 0 saturated heterocycles. The van der Waals surface area contributed by atoms with Crippen LogP contribution in [0.5, 0.6) is 0 Å². The average Bonchev–Trinajstić information content (AvgIpc) is 2.43. The molecule has 0 aliphatic rings. The third kappa shape index (κ3) is 4.34. The van der Waals surface area contributed by atoms with Crippen molar-refractivity contribution < 1.29 is 22.3 Å². The molecule has 21 heavy (non-hydrogen) atoms. The highest BCUT2D eigenvalue weighted by Gasteiger charge is 2.14. The average molecular weight is 312 g/mol. The topological polar surface area (TPSA) is 54.4 Å². The SMILES string of the molecule is O=S(=O)(Cc1ccc(CO)cc1)Cc1ccc(F)c(F)c1. The van der Waals surface area contributed by atoms with Crippen LogP contribution in [0, 0.1) is 11.6 Å². The van der Waals surface area contributed by atoms with E-state index >= 15 is 0 Å². The lowest BCUT2D eigenvalue weighted by Crippen LogP contribution is -2.08. The number of hydrogen-bond donors (Lipinski definition) is 1. The number of halogens is 2. The summed E-state index contributed by atoms with van der Waals surface area (Å²) >= 11 is 0. The van der Waals surface area contributed by atoms with E-state index in [0.29, 0.717) is 11.1 Å². The lowest BCUT2D eigenvalue weighted by atomic mass is 10.2. The Morgan fingerprint density at radius 1 is 0.810 bits per heavy atom. The minimum atomic E-state index is -3.49. The Morgan fingerprint density at radius 3 is 1.90 bits per heavy atom. The second-order valence-electron chi connectivity index (χ2n) is 4.76. The van der Waals surface area contributed by atoms with Crippen LogP contribution < -0.4 is 0 Å². The van der Waals surface area contributed by atoms with E-state index in [4.69, 9.17) is 5.11 Å². The van der Waals surface area contributed by atoms with Crippen molar-refractivity contribution in [1.29, 1.82) is 0 Å². The number of rotatable bonds is 5. The third-order valence-electron chi connectivity index (χ3n) is 2.96. The number of aliphatic hydroxyl groups excluding tert-OH is 1. The monoisotopic (exact) mass is 312 g/mol. The van der Waals surface area contributed by atoms with Crippen LogP contribution in [-0.4, -0.2) is 13.5 Å². The molecule has 6 heteroatoms. The van der Waals surface area contributed by atoms with Gasteiger partial charge in [0.1, 0.15) is 0 Å². The predicted molar refractivity (Wildman–Crippen MR) is 75.1 cm³/mol. The zero-order valence-corrected chi connectivity index (χ0v) is 11.9. The molecule has 0 spiro atoms. The molecule has 1 N–H and O–H groups in total. The van der Waals surface area contributed by atoms with E-state index in [9.17, 15) is 17.2 Å². The van der Waals surface area contributed by atoms with Gasteiger partial charge in [-0.3, -0.25) is 0 Å². The molecule has 0 heterocycles. The molecule has 0 radical (unpaired) electrons. The number of benzene rings is 2. The van der Waals surface area contributed by atoms with Gasteiger partial charge in [-0.1, -0.05) is 30.3 Å². The molecular weight excluding hydrogens is 298 g/mol. The first-order valence-corrected chi connectivity index (χ1v) is 8.05. The number of hydrogen-bond acceptors (Lipinski definition) is 3. The number of sulfone groups is 1. The molecule has 0 aliphatic carbocycles. The van der Waals surface area contributed by atoms with Crippen molar-refractivity contribution in [1.82, 2.24) is 0 Å².